The molecule has 2 amide bonds. The summed E-state index contributed by atoms with van der Waals surface area (Å²) >= 11 is 0. The van der Waals surface area contributed by atoms with E-state index < -0.39 is 0 Å². The van der Waals surface area contributed by atoms with Crippen LogP contribution in [-0.2, 0) is 0 Å². The normalized spacial score (nSPS) is 31.8. The predicted octanol–water partition coefficient (Wildman–Crippen LogP) is 1.81. The Hall–Kier alpha value is -2.06. The summed E-state index contributed by atoms with van der Waals surface area (Å²) in [6.45, 7) is 0. The molecule has 126 valence electrons. The van der Waals surface area contributed by atoms with E-state index in [0.29, 0.717) is 11.6 Å². The number of hydrogen-bond donors (Lipinski definition) is 3. The Kier molecular flexibility index (Phi) is 4.15. The summed E-state index contributed by atoms with van der Waals surface area (Å²) in [6, 6.07) is 11.6. The molecule has 3 fully saturated rings. The first-order chi connectivity index (χ1) is 11.7. The number of nitrogens with zero attached hydrogens (tertiary/aromatic N) is 1. The molecule has 2 heterocycles. The van der Waals surface area contributed by atoms with Gasteiger partial charge in [0, 0.05) is 37.4 Å². The molecule has 0 spiro atoms. The lowest BCUT2D eigenvalue weighted by Gasteiger charge is -2.46. The fraction of sp³-hybridized carbons (Fsp3) is 0.579. The summed E-state index contributed by atoms with van der Waals surface area (Å²) in [5.41, 5.74) is 1.33. The van der Waals surface area contributed by atoms with E-state index in [0.717, 1.165) is 36.7 Å². The number of amides is 2. The van der Waals surface area contributed by atoms with Crippen LogP contribution in [0.15, 0.2) is 24.3 Å². The Morgan fingerprint density at radius 2 is 1.71 bits per heavy atom. The predicted molar refractivity (Wildman–Crippen MR) is 91.7 cm³/mol. The van der Waals surface area contributed by atoms with Crippen molar-refractivity contribution in [3.63, 3.8) is 0 Å². The molecule has 2 unspecified atom stereocenters. The Balaban J connectivity index is 1.33. The molecule has 0 radical (unpaired) electrons. The van der Waals surface area contributed by atoms with E-state index in [1.165, 1.54) is 32.1 Å². The number of benzene rings is 1. The SMILES string of the molecule is N#Cc1ccc(NC(=O)NC2C[C@H]3CCC[C@@H](C2)[NH+]3C2CC2)cc1. The van der Waals surface area contributed by atoms with Crippen molar-refractivity contribution in [3.8, 4) is 6.07 Å². The molecule has 5 heteroatoms. The number of fused-ring (bicyclic) bond motifs is 2. The quantitative estimate of drug-likeness (QED) is 0.793. The number of hydrogen-bond acceptors (Lipinski definition) is 2. The van der Waals surface area contributed by atoms with Crippen LogP contribution in [0.25, 0.3) is 0 Å². The molecule has 2 bridgehead atoms. The average molecular weight is 325 g/mol. The zero-order chi connectivity index (χ0) is 16.5. The van der Waals surface area contributed by atoms with Gasteiger partial charge in [0.2, 0.25) is 0 Å². The lowest BCUT2D eigenvalue weighted by Crippen LogP contribution is -3.22. The third kappa shape index (κ3) is 3.25. The van der Waals surface area contributed by atoms with Crippen LogP contribution in [0.1, 0.15) is 50.5 Å². The van der Waals surface area contributed by atoms with Crippen molar-refractivity contribution in [2.45, 2.75) is 69.1 Å². The summed E-state index contributed by atoms with van der Waals surface area (Å²) in [5, 5.41) is 14.9. The molecular weight excluding hydrogens is 300 g/mol. The molecule has 4 atom stereocenters. The van der Waals surface area contributed by atoms with Gasteiger partial charge in [-0.05, 0) is 43.5 Å². The summed E-state index contributed by atoms with van der Waals surface area (Å²) in [5.74, 6) is 0. The lowest BCUT2D eigenvalue weighted by molar-refractivity contribution is -0.971. The van der Waals surface area contributed by atoms with Crippen molar-refractivity contribution < 1.29 is 9.69 Å². The fourth-order valence-electron chi connectivity index (χ4n) is 4.75. The van der Waals surface area contributed by atoms with Crippen LogP contribution < -0.4 is 15.5 Å². The van der Waals surface area contributed by atoms with Crippen molar-refractivity contribution in [2.24, 2.45) is 0 Å². The highest BCUT2D eigenvalue weighted by molar-refractivity contribution is 5.89. The first-order valence-corrected chi connectivity index (χ1v) is 9.17. The number of rotatable bonds is 3. The van der Waals surface area contributed by atoms with Gasteiger partial charge in [0.1, 0.15) is 0 Å². The van der Waals surface area contributed by atoms with Crippen LogP contribution in [0.2, 0.25) is 0 Å². The maximum atomic E-state index is 12.3. The molecular formula is C19H25N4O+. The second-order valence-corrected chi connectivity index (χ2v) is 7.55. The standard InChI is InChI=1S/C19H24N4O/c20-12-13-4-6-14(7-5-13)21-19(24)22-15-10-17-2-1-3-18(11-15)23(17)16-8-9-16/h4-7,15-18H,1-3,8-11H2,(H2,21,22,24)/p+1/t15?,17-,18+. The second-order valence-electron chi connectivity index (χ2n) is 7.55. The molecule has 5 nitrogen and oxygen atoms in total. The minimum Gasteiger partial charge on any atom is -0.335 e. The third-order valence-corrected chi connectivity index (χ3v) is 5.84. The van der Waals surface area contributed by atoms with Gasteiger partial charge in [0.25, 0.3) is 0 Å². The smallest absolute Gasteiger partial charge is 0.319 e. The Bertz CT molecular complexity index is 632. The number of nitriles is 1. The van der Waals surface area contributed by atoms with Gasteiger partial charge < -0.3 is 15.5 Å². The Morgan fingerprint density at radius 1 is 1.04 bits per heavy atom. The first-order valence-electron chi connectivity index (χ1n) is 9.17. The summed E-state index contributed by atoms with van der Waals surface area (Å²) in [4.78, 5) is 14.1. The largest absolute Gasteiger partial charge is 0.335 e. The number of carbonyl (C=O) groups is 1. The molecule has 1 saturated carbocycles. The highest BCUT2D eigenvalue weighted by Crippen LogP contribution is 2.27. The van der Waals surface area contributed by atoms with E-state index in [4.69, 9.17) is 5.26 Å². The van der Waals surface area contributed by atoms with Crippen LogP contribution in [0, 0.1) is 11.3 Å². The van der Waals surface area contributed by atoms with Crippen molar-refractivity contribution in [1.29, 1.82) is 5.26 Å². The van der Waals surface area contributed by atoms with Crippen LogP contribution in [0.3, 0.4) is 0 Å². The second kappa shape index (κ2) is 6.45. The van der Waals surface area contributed by atoms with Crippen molar-refractivity contribution in [1.82, 2.24) is 5.32 Å². The zero-order valence-electron chi connectivity index (χ0n) is 13.9. The summed E-state index contributed by atoms with van der Waals surface area (Å²) in [6.07, 6.45) is 9.02. The topological polar surface area (TPSA) is 69.4 Å². The molecule has 1 aliphatic carbocycles. The van der Waals surface area contributed by atoms with Crippen molar-refractivity contribution in [3.05, 3.63) is 29.8 Å². The minimum absolute atomic E-state index is 0.127. The van der Waals surface area contributed by atoms with Crippen molar-refractivity contribution in [2.75, 3.05) is 5.32 Å². The highest BCUT2D eigenvalue weighted by atomic mass is 16.2. The van der Waals surface area contributed by atoms with Gasteiger partial charge in [-0.1, -0.05) is 0 Å². The van der Waals surface area contributed by atoms with Gasteiger partial charge in [0.05, 0.1) is 29.8 Å². The van der Waals surface area contributed by atoms with Gasteiger partial charge in [0.15, 0.2) is 0 Å². The van der Waals surface area contributed by atoms with E-state index in [1.54, 1.807) is 24.3 Å². The molecule has 3 aliphatic rings. The third-order valence-electron chi connectivity index (χ3n) is 5.84. The van der Waals surface area contributed by atoms with Gasteiger partial charge in [-0.25, -0.2) is 4.79 Å². The van der Waals surface area contributed by atoms with Crippen LogP contribution >= 0.6 is 0 Å². The van der Waals surface area contributed by atoms with E-state index in [2.05, 4.69) is 16.7 Å². The molecule has 1 aromatic carbocycles. The maximum absolute atomic E-state index is 12.3. The van der Waals surface area contributed by atoms with E-state index in [9.17, 15) is 4.79 Å². The minimum atomic E-state index is -0.127. The maximum Gasteiger partial charge on any atom is 0.319 e. The molecule has 3 N–H and O–H groups in total. The fourth-order valence-corrected chi connectivity index (χ4v) is 4.75. The first kappa shape index (κ1) is 15.5. The molecule has 24 heavy (non-hydrogen) atoms. The zero-order valence-corrected chi connectivity index (χ0v) is 13.9. The number of piperidine rings is 2. The van der Waals surface area contributed by atoms with Gasteiger partial charge in [-0.2, -0.15) is 5.26 Å². The molecule has 2 saturated heterocycles. The number of anilines is 1. The van der Waals surface area contributed by atoms with Gasteiger partial charge >= 0.3 is 6.03 Å². The van der Waals surface area contributed by atoms with Gasteiger partial charge in [-0.15, -0.1) is 0 Å². The monoisotopic (exact) mass is 325 g/mol. The molecule has 1 aromatic rings. The molecule has 0 aromatic heterocycles. The highest BCUT2D eigenvalue weighted by Gasteiger charge is 2.48. The summed E-state index contributed by atoms with van der Waals surface area (Å²) in [7, 11) is 0. The van der Waals surface area contributed by atoms with E-state index >= 15 is 0 Å². The van der Waals surface area contributed by atoms with Crippen LogP contribution in [0.4, 0.5) is 10.5 Å². The lowest BCUT2D eigenvalue weighted by atomic mass is 9.81. The van der Waals surface area contributed by atoms with Crippen molar-refractivity contribution >= 4 is 11.7 Å². The number of nitrogens with one attached hydrogen (secondary N) is 3. The Labute approximate surface area is 143 Å². The van der Waals surface area contributed by atoms with E-state index in [1.807, 2.05) is 4.90 Å². The van der Waals surface area contributed by atoms with Crippen LogP contribution in [0.5, 0.6) is 0 Å². The Morgan fingerprint density at radius 3 is 2.29 bits per heavy atom. The number of carbonyl (C=O) groups excluding carboxylic acids is 1. The van der Waals surface area contributed by atoms with E-state index in [-0.39, 0.29) is 6.03 Å². The van der Waals surface area contributed by atoms with Gasteiger partial charge in [-0.3, -0.25) is 0 Å². The average Bonchev–Trinajstić information content (AvgIpc) is 3.39. The molecule has 4 rings (SSSR count). The number of urea groups is 1. The molecule has 2 aliphatic heterocycles. The number of quaternary nitrogens is 1. The summed E-state index contributed by atoms with van der Waals surface area (Å²) < 4.78 is 0. The van der Waals surface area contributed by atoms with Crippen LogP contribution in [-0.4, -0.2) is 30.2 Å².